The number of ether oxygens (including phenoxy) is 1. The zero-order chi connectivity index (χ0) is 24.2. The van der Waals surface area contributed by atoms with Crippen LogP contribution in [0.25, 0.3) is 0 Å². The first kappa shape index (κ1) is 26.2. The van der Waals surface area contributed by atoms with Crippen molar-refractivity contribution in [1.82, 2.24) is 10.0 Å². The molecule has 0 amide bonds. The lowest BCUT2D eigenvalue weighted by atomic mass is 9.93. The molecule has 7 nitrogen and oxygen atoms in total. The van der Waals surface area contributed by atoms with E-state index < -0.39 is 22.0 Å². The molecule has 0 saturated carbocycles. The van der Waals surface area contributed by atoms with E-state index in [1.807, 2.05) is 30.3 Å². The number of hydrogen-bond acceptors (Lipinski definition) is 5. The van der Waals surface area contributed by atoms with E-state index in [1.54, 1.807) is 24.3 Å². The molecule has 1 aliphatic rings. The fourth-order valence-electron chi connectivity index (χ4n) is 4.36. The molecule has 0 spiro atoms. The molecule has 3 rings (SSSR count). The maximum absolute atomic E-state index is 12.6. The molecule has 1 saturated heterocycles. The van der Waals surface area contributed by atoms with E-state index in [0.29, 0.717) is 12.2 Å². The van der Waals surface area contributed by atoms with Crippen LogP contribution >= 0.6 is 0 Å². The van der Waals surface area contributed by atoms with Crippen LogP contribution < -0.4 is 14.8 Å². The van der Waals surface area contributed by atoms with Crippen molar-refractivity contribution in [2.24, 2.45) is 5.92 Å². The van der Waals surface area contributed by atoms with Gasteiger partial charge < -0.3 is 15.2 Å². The average molecular weight is 489 g/mol. The van der Waals surface area contributed by atoms with Gasteiger partial charge in [0.2, 0.25) is 10.0 Å². The molecule has 34 heavy (non-hydrogen) atoms. The molecule has 1 atom stereocenters. The molecule has 3 N–H and O–H groups in total. The van der Waals surface area contributed by atoms with Crippen LogP contribution in [0.15, 0.2) is 54.6 Å². The summed E-state index contributed by atoms with van der Waals surface area (Å²) in [6, 6.07) is 15.6. The summed E-state index contributed by atoms with van der Waals surface area (Å²) in [5.41, 5.74) is 1.51. The molecule has 0 bridgehead atoms. The molecule has 0 aromatic heterocycles. The van der Waals surface area contributed by atoms with Gasteiger partial charge in [0.1, 0.15) is 5.75 Å². The molecule has 0 radical (unpaired) electrons. The smallest absolute Gasteiger partial charge is 0.304 e. The molecule has 2 aromatic carbocycles. The molecule has 1 aliphatic heterocycles. The summed E-state index contributed by atoms with van der Waals surface area (Å²) in [5.74, 6) is 0.375. The van der Waals surface area contributed by atoms with Crippen molar-refractivity contribution < 1.29 is 23.1 Å². The van der Waals surface area contributed by atoms with E-state index in [1.165, 1.54) is 25.7 Å². The number of sulfonamides is 1. The molecule has 2 aromatic rings. The molecule has 8 heteroatoms. The van der Waals surface area contributed by atoms with Gasteiger partial charge in [0.15, 0.2) is 0 Å². The van der Waals surface area contributed by atoms with Crippen LogP contribution in [0.2, 0.25) is 0 Å². The lowest BCUT2D eigenvalue weighted by Crippen LogP contribution is -2.38. The predicted molar refractivity (Wildman–Crippen MR) is 133 cm³/mol. The first-order chi connectivity index (χ1) is 16.4. The van der Waals surface area contributed by atoms with Crippen LogP contribution in [0.1, 0.15) is 49.7 Å². The maximum atomic E-state index is 12.6. The van der Waals surface area contributed by atoms with E-state index in [2.05, 4.69) is 10.0 Å². The Bertz CT molecular complexity index is 974. The Kier molecular flexibility index (Phi) is 10.4. The maximum Gasteiger partial charge on any atom is 0.304 e. The molecule has 1 heterocycles. The molecule has 1 fully saturated rings. The Morgan fingerprint density at radius 3 is 2.41 bits per heavy atom. The van der Waals surface area contributed by atoms with Gasteiger partial charge in [-0.3, -0.25) is 4.79 Å². The Hall–Kier alpha value is -2.42. The van der Waals surface area contributed by atoms with Gasteiger partial charge in [-0.1, -0.05) is 48.9 Å². The number of carboxylic acids is 1. The van der Waals surface area contributed by atoms with E-state index in [9.17, 15) is 18.3 Å². The first-order valence-corrected chi connectivity index (χ1v) is 13.7. The normalized spacial score (nSPS) is 15.6. The second kappa shape index (κ2) is 13.5. The van der Waals surface area contributed by atoms with E-state index >= 15 is 0 Å². The number of carboxylic acid groups (broad SMARTS) is 1. The van der Waals surface area contributed by atoms with Crippen LogP contribution in [0, 0.1) is 5.92 Å². The summed E-state index contributed by atoms with van der Waals surface area (Å²) < 4.78 is 33.6. The number of aliphatic carboxylic acids is 1. The molecule has 0 aliphatic carbocycles. The minimum Gasteiger partial charge on any atom is -0.494 e. The highest BCUT2D eigenvalue weighted by atomic mass is 32.2. The number of carbonyl (C=O) groups is 1. The van der Waals surface area contributed by atoms with Gasteiger partial charge >= 0.3 is 5.97 Å². The average Bonchev–Trinajstić information content (AvgIpc) is 2.80. The van der Waals surface area contributed by atoms with Gasteiger partial charge in [-0.25, -0.2) is 13.1 Å². The summed E-state index contributed by atoms with van der Waals surface area (Å²) in [7, 11) is -3.68. The monoisotopic (exact) mass is 488 g/mol. The lowest BCUT2D eigenvalue weighted by molar-refractivity contribution is -0.137. The van der Waals surface area contributed by atoms with Crippen LogP contribution in [0.4, 0.5) is 0 Å². The third-order valence-corrected chi connectivity index (χ3v) is 7.51. The molecular weight excluding hydrogens is 452 g/mol. The van der Waals surface area contributed by atoms with Gasteiger partial charge in [0.25, 0.3) is 0 Å². The van der Waals surface area contributed by atoms with Gasteiger partial charge in [-0.2, -0.15) is 0 Å². The van der Waals surface area contributed by atoms with E-state index in [-0.39, 0.29) is 18.6 Å². The first-order valence-electron chi connectivity index (χ1n) is 12.1. The highest BCUT2D eigenvalue weighted by Gasteiger charge is 2.21. The summed E-state index contributed by atoms with van der Waals surface area (Å²) in [5, 5.41) is 12.7. The van der Waals surface area contributed by atoms with Crippen LogP contribution in [-0.2, 0) is 27.0 Å². The number of rotatable bonds is 14. The van der Waals surface area contributed by atoms with E-state index in [4.69, 9.17) is 4.74 Å². The standard InChI is InChI=1S/C26H36N2O5S/c29-26(30)19-24(28-34(31,32)20-23-7-2-1-3-8-23)18-22-9-11-25(12-10-22)33-17-5-4-6-21-13-15-27-16-14-21/h1-3,7-12,21,24,27-28H,4-6,13-20H2,(H,29,30). The van der Waals surface area contributed by atoms with Crippen LogP contribution in [0.3, 0.4) is 0 Å². The summed E-state index contributed by atoms with van der Waals surface area (Å²) in [4.78, 5) is 11.3. The Labute approximate surface area is 203 Å². The minimum absolute atomic E-state index is 0.186. The molecular formula is C26H36N2O5S. The number of piperidine rings is 1. The number of unbranched alkanes of at least 4 members (excludes halogenated alkanes) is 1. The fourth-order valence-corrected chi connectivity index (χ4v) is 5.75. The number of hydrogen-bond donors (Lipinski definition) is 3. The van der Waals surface area contributed by atoms with Crippen molar-refractivity contribution in [3.05, 3.63) is 65.7 Å². The number of benzene rings is 2. The minimum atomic E-state index is -3.68. The topological polar surface area (TPSA) is 105 Å². The van der Waals surface area contributed by atoms with Crippen LogP contribution in [-0.4, -0.2) is 45.2 Å². The number of nitrogens with one attached hydrogen (secondary N) is 2. The van der Waals surface area contributed by atoms with Crippen molar-refractivity contribution in [3.63, 3.8) is 0 Å². The van der Waals surface area contributed by atoms with Crippen molar-refractivity contribution in [2.75, 3.05) is 19.7 Å². The molecule has 1 unspecified atom stereocenters. The summed E-state index contributed by atoms with van der Waals surface area (Å²) in [6.45, 7) is 2.94. The summed E-state index contributed by atoms with van der Waals surface area (Å²) >= 11 is 0. The highest BCUT2D eigenvalue weighted by Crippen LogP contribution is 2.20. The van der Waals surface area contributed by atoms with Crippen molar-refractivity contribution in [3.8, 4) is 5.75 Å². The molecule has 186 valence electrons. The quantitative estimate of drug-likeness (QED) is 0.350. The Morgan fingerprint density at radius 2 is 1.74 bits per heavy atom. The van der Waals surface area contributed by atoms with Crippen molar-refractivity contribution in [1.29, 1.82) is 0 Å². The Morgan fingerprint density at radius 1 is 1.03 bits per heavy atom. The van der Waals surface area contributed by atoms with Gasteiger partial charge in [-0.05, 0) is 74.4 Å². The summed E-state index contributed by atoms with van der Waals surface area (Å²) in [6.07, 6.45) is 5.99. The van der Waals surface area contributed by atoms with Crippen LogP contribution in [0.5, 0.6) is 5.75 Å². The van der Waals surface area contributed by atoms with Gasteiger partial charge in [0, 0.05) is 6.04 Å². The van der Waals surface area contributed by atoms with Gasteiger partial charge in [0.05, 0.1) is 18.8 Å². The lowest BCUT2D eigenvalue weighted by Gasteiger charge is -2.22. The largest absolute Gasteiger partial charge is 0.494 e. The van der Waals surface area contributed by atoms with Crippen molar-refractivity contribution in [2.45, 2.75) is 56.7 Å². The zero-order valence-corrected chi connectivity index (χ0v) is 20.4. The third-order valence-electron chi connectivity index (χ3n) is 6.11. The highest BCUT2D eigenvalue weighted by molar-refractivity contribution is 7.88. The Balaban J connectivity index is 1.45. The SMILES string of the molecule is O=C(O)CC(Cc1ccc(OCCCCC2CCNCC2)cc1)NS(=O)(=O)Cc1ccccc1. The predicted octanol–water partition coefficient (Wildman–Crippen LogP) is 3.74. The van der Waals surface area contributed by atoms with Gasteiger partial charge in [-0.15, -0.1) is 0 Å². The van der Waals surface area contributed by atoms with Crippen molar-refractivity contribution >= 4 is 16.0 Å². The fraction of sp³-hybridized carbons (Fsp3) is 0.500. The zero-order valence-electron chi connectivity index (χ0n) is 19.6. The van der Waals surface area contributed by atoms with E-state index in [0.717, 1.165) is 36.7 Å². The second-order valence-electron chi connectivity index (χ2n) is 9.04. The second-order valence-corrected chi connectivity index (χ2v) is 10.8. The third kappa shape index (κ3) is 9.83.